The molecule has 2 N–H and O–H groups in total. The maximum absolute atomic E-state index is 11.4. The summed E-state index contributed by atoms with van der Waals surface area (Å²) >= 11 is 1.65. The van der Waals surface area contributed by atoms with Gasteiger partial charge in [0, 0.05) is 6.08 Å². The van der Waals surface area contributed by atoms with Crippen LogP contribution in [-0.2, 0) is 9.59 Å². The lowest BCUT2D eigenvalue weighted by Crippen LogP contribution is -2.33. The minimum absolute atomic E-state index is 0.191. The quantitative estimate of drug-likeness (QED) is 0.609. The van der Waals surface area contributed by atoms with E-state index in [0.29, 0.717) is 6.42 Å². The Hall–Kier alpha value is -0.810. The second-order valence-electron chi connectivity index (χ2n) is 2.70. The maximum atomic E-state index is 11.4. The fourth-order valence-electron chi connectivity index (χ4n) is 0.934. The van der Waals surface area contributed by atoms with E-state index in [1.165, 1.54) is 0 Å². The fraction of sp³-hybridized carbons (Fsp3) is 0.556. The molecule has 0 fully saturated rings. The van der Waals surface area contributed by atoms with Crippen molar-refractivity contribution >= 4 is 23.5 Å². The Morgan fingerprint density at radius 2 is 2.14 bits per heavy atom. The van der Waals surface area contributed by atoms with Crippen LogP contribution in [0.3, 0.4) is 0 Å². The number of carboxylic acids is 1. The molecule has 0 aliphatic rings. The van der Waals surface area contributed by atoms with Gasteiger partial charge in [-0.05, 0) is 31.6 Å². The Bertz CT molecular complexity index is 228. The molecule has 0 aliphatic heterocycles. The highest BCUT2D eigenvalue weighted by Crippen LogP contribution is 2.01. The molecule has 0 rings (SSSR count). The third-order valence-corrected chi connectivity index (χ3v) is 2.34. The molecule has 0 spiro atoms. The van der Waals surface area contributed by atoms with E-state index in [1.807, 2.05) is 6.26 Å². The number of carboxylic acid groups (broad SMARTS) is 1. The van der Waals surface area contributed by atoms with E-state index in [-0.39, 0.29) is 11.8 Å². The summed E-state index contributed by atoms with van der Waals surface area (Å²) in [6.45, 7) is 0. The van der Waals surface area contributed by atoms with Crippen molar-refractivity contribution < 1.29 is 14.7 Å². The summed E-state index contributed by atoms with van der Waals surface area (Å²) in [5.41, 5.74) is 0. The predicted molar refractivity (Wildman–Crippen MR) is 57.6 cm³/mol. The van der Waals surface area contributed by atoms with Crippen LogP contribution in [0.15, 0.2) is 12.2 Å². The molecule has 0 amide bonds. The van der Waals surface area contributed by atoms with Crippen LogP contribution in [0, 0.1) is 0 Å². The van der Waals surface area contributed by atoms with Crippen LogP contribution in [-0.4, -0.2) is 42.0 Å². The molecule has 0 radical (unpaired) electrons. The molecule has 5 heteroatoms. The highest BCUT2D eigenvalue weighted by Gasteiger charge is 2.12. The van der Waals surface area contributed by atoms with Crippen molar-refractivity contribution in [2.75, 3.05) is 19.1 Å². The first kappa shape index (κ1) is 13.2. The molecule has 4 nitrogen and oxygen atoms in total. The van der Waals surface area contributed by atoms with Crippen LogP contribution in [0.4, 0.5) is 0 Å². The van der Waals surface area contributed by atoms with Crippen LogP contribution in [0.25, 0.3) is 0 Å². The number of rotatable bonds is 7. The molecule has 0 bridgehead atoms. The minimum Gasteiger partial charge on any atom is -0.478 e. The molecule has 80 valence electrons. The number of carbonyl (C=O) groups is 2. The fourth-order valence-corrected chi connectivity index (χ4v) is 1.41. The van der Waals surface area contributed by atoms with E-state index in [9.17, 15) is 9.59 Å². The Morgan fingerprint density at radius 3 is 2.57 bits per heavy atom. The van der Waals surface area contributed by atoms with Crippen molar-refractivity contribution in [1.82, 2.24) is 5.32 Å². The number of thioether (sulfide) groups is 1. The maximum Gasteiger partial charge on any atom is 0.328 e. The van der Waals surface area contributed by atoms with Gasteiger partial charge in [-0.1, -0.05) is 0 Å². The molecule has 0 heterocycles. The van der Waals surface area contributed by atoms with Crippen molar-refractivity contribution in [2.24, 2.45) is 0 Å². The van der Waals surface area contributed by atoms with E-state index in [2.05, 4.69) is 5.32 Å². The Balaban J connectivity index is 4.10. The lowest BCUT2D eigenvalue weighted by Gasteiger charge is -2.11. The Labute approximate surface area is 87.8 Å². The Kier molecular flexibility index (Phi) is 7.14. The Morgan fingerprint density at radius 1 is 1.50 bits per heavy atom. The van der Waals surface area contributed by atoms with Gasteiger partial charge in [0.15, 0.2) is 5.78 Å². The number of nitrogens with one attached hydrogen (secondary N) is 1. The van der Waals surface area contributed by atoms with Gasteiger partial charge in [0.2, 0.25) is 0 Å². The SMILES string of the molecule is CN[C@@H](CCSC)C(=O)C=CC(=O)O. The zero-order valence-electron chi connectivity index (χ0n) is 8.32. The summed E-state index contributed by atoms with van der Waals surface area (Å²) in [5.74, 6) is -0.417. The van der Waals surface area contributed by atoms with Crippen LogP contribution in [0.2, 0.25) is 0 Å². The lowest BCUT2D eigenvalue weighted by atomic mass is 10.1. The van der Waals surface area contributed by atoms with E-state index in [1.54, 1.807) is 18.8 Å². The van der Waals surface area contributed by atoms with Crippen molar-refractivity contribution in [3.63, 3.8) is 0 Å². The number of hydrogen-bond donors (Lipinski definition) is 2. The molecule has 14 heavy (non-hydrogen) atoms. The number of ketones is 1. The predicted octanol–water partition coefficient (Wildman–Crippen LogP) is 0.537. The monoisotopic (exact) mass is 217 g/mol. The van der Waals surface area contributed by atoms with Crippen molar-refractivity contribution in [3.8, 4) is 0 Å². The molecule has 0 aromatic rings. The van der Waals surface area contributed by atoms with Gasteiger partial charge in [0.25, 0.3) is 0 Å². The number of hydrogen-bond acceptors (Lipinski definition) is 4. The molecular weight excluding hydrogens is 202 g/mol. The van der Waals surface area contributed by atoms with Crippen LogP contribution >= 0.6 is 11.8 Å². The summed E-state index contributed by atoms with van der Waals surface area (Å²) in [4.78, 5) is 21.5. The van der Waals surface area contributed by atoms with Crippen LogP contribution in [0.5, 0.6) is 0 Å². The van der Waals surface area contributed by atoms with Crippen molar-refractivity contribution in [2.45, 2.75) is 12.5 Å². The molecule has 0 aromatic heterocycles. The molecule has 0 saturated carbocycles. The van der Waals surface area contributed by atoms with E-state index in [4.69, 9.17) is 5.11 Å². The largest absolute Gasteiger partial charge is 0.478 e. The van der Waals surface area contributed by atoms with Crippen molar-refractivity contribution in [1.29, 1.82) is 0 Å². The molecule has 0 unspecified atom stereocenters. The lowest BCUT2D eigenvalue weighted by molar-refractivity contribution is -0.131. The average molecular weight is 217 g/mol. The average Bonchev–Trinajstić information content (AvgIpc) is 2.16. The summed E-state index contributed by atoms with van der Waals surface area (Å²) in [7, 11) is 1.69. The minimum atomic E-state index is -1.10. The van der Waals surface area contributed by atoms with Crippen molar-refractivity contribution in [3.05, 3.63) is 12.2 Å². The second kappa shape index (κ2) is 7.58. The number of aliphatic carboxylic acids is 1. The third kappa shape index (κ3) is 5.77. The summed E-state index contributed by atoms with van der Waals surface area (Å²) in [5, 5.41) is 11.2. The van der Waals surface area contributed by atoms with Gasteiger partial charge in [-0.15, -0.1) is 0 Å². The van der Waals surface area contributed by atoms with Gasteiger partial charge in [0.1, 0.15) is 0 Å². The highest BCUT2D eigenvalue weighted by molar-refractivity contribution is 7.98. The van der Waals surface area contributed by atoms with Gasteiger partial charge in [-0.25, -0.2) is 4.79 Å². The van der Waals surface area contributed by atoms with Gasteiger partial charge >= 0.3 is 5.97 Å². The summed E-state index contributed by atoms with van der Waals surface area (Å²) in [6.07, 6.45) is 4.64. The van der Waals surface area contributed by atoms with Crippen LogP contribution < -0.4 is 5.32 Å². The smallest absolute Gasteiger partial charge is 0.328 e. The molecule has 0 aromatic carbocycles. The normalized spacial score (nSPS) is 13.0. The van der Waals surface area contributed by atoms with Gasteiger partial charge in [-0.2, -0.15) is 11.8 Å². The van der Waals surface area contributed by atoms with E-state index < -0.39 is 5.97 Å². The van der Waals surface area contributed by atoms with Gasteiger partial charge in [-0.3, -0.25) is 4.79 Å². The van der Waals surface area contributed by atoms with Gasteiger partial charge < -0.3 is 10.4 Å². The van der Waals surface area contributed by atoms with Gasteiger partial charge in [0.05, 0.1) is 6.04 Å². The topological polar surface area (TPSA) is 66.4 Å². The number of likely N-dealkylation sites (N-methyl/N-ethyl adjacent to an activating group) is 1. The second-order valence-corrected chi connectivity index (χ2v) is 3.68. The first-order valence-corrected chi connectivity index (χ1v) is 5.62. The third-order valence-electron chi connectivity index (χ3n) is 1.69. The molecule has 1 atom stereocenters. The molecular formula is C9H15NO3S. The number of carbonyl (C=O) groups excluding carboxylic acids is 1. The zero-order chi connectivity index (χ0) is 11.0. The van der Waals surface area contributed by atoms with E-state index in [0.717, 1.165) is 17.9 Å². The highest BCUT2D eigenvalue weighted by atomic mass is 32.2. The standard InChI is InChI=1S/C9H15NO3S/c1-10-7(5-6-14-2)8(11)3-4-9(12)13/h3-4,7,10H,5-6H2,1-2H3,(H,12,13)/t7-/m0/s1. The summed E-state index contributed by atoms with van der Waals surface area (Å²) in [6, 6.07) is -0.280. The summed E-state index contributed by atoms with van der Waals surface area (Å²) < 4.78 is 0. The zero-order valence-corrected chi connectivity index (χ0v) is 9.13. The molecule has 0 aliphatic carbocycles. The first-order valence-electron chi connectivity index (χ1n) is 4.23. The van der Waals surface area contributed by atoms with Crippen LogP contribution in [0.1, 0.15) is 6.42 Å². The first-order chi connectivity index (χ1) is 6.61. The molecule has 0 saturated heterocycles. The van der Waals surface area contributed by atoms with E-state index >= 15 is 0 Å².